The molecule has 0 bridgehead atoms. The number of nitrogens with one attached hydrogen (secondary N) is 2. The molecule has 5 nitrogen and oxygen atoms in total. The summed E-state index contributed by atoms with van der Waals surface area (Å²) in [6.45, 7) is 12.8. The van der Waals surface area contributed by atoms with Crippen molar-refractivity contribution in [1.29, 1.82) is 0 Å². The first kappa shape index (κ1) is 22.3. The van der Waals surface area contributed by atoms with Crippen LogP contribution in [-0.4, -0.2) is 62.2 Å². The van der Waals surface area contributed by atoms with Gasteiger partial charge in [-0.3, -0.25) is 9.89 Å². The quantitative estimate of drug-likeness (QED) is 0.369. The van der Waals surface area contributed by atoms with Crippen LogP contribution in [-0.2, 0) is 0 Å². The highest BCUT2D eigenvalue weighted by atomic mass is 127. The van der Waals surface area contributed by atoms with Gasteiger partial charge < -0.3 is 15.5 Å². The largest absolute Gasteiger partial charge is 0.369 e. The van der Waals surface area contributed by atoms with Crippen LogP contribution in [0.2, 0.25) is 0 Å². The minimum absolute atomic E-state index is 0. The second-order valence-electron chi connectivity index (χ2n) is 7.56. The van der Waals surface area contributed by atoms with Crippen LogP contribution >= 0.6 is 24.0 Å². The summed E-state index contributed by atoms with van der Waals surface area (Å²) in [4.78, 5) is 9.93. The van der Waals surface area contributed by atoms with Gasteiger partial charge in [-0.25, -0.2) is 0 Å². The molecular formula is C21H36IN5. The number of likely N-dealkylation sites (tertiary alicyclic amines) is 1. The Hall–Kier alpha value is -1.02. The van der Waals surface area contributed by atoms with Crippen LogP contribution in [0.1, 0.15) is 38.7 Å². The molecule has 3 rings (SSSR count). The molecule has 0 amide bonds. The first-order chi connectivity index (χ1) is 12.7. The van der Waals surface area contributed by atoms with Crippen molar-refractivity contribution in [2.75, 3.05) is 44.2 Å². The maximum atomic E-state index is 4.90. The van der Waals surface area contributed by atoms with E-state index in [9.17, 15) is 0 Å². The molecule has 2 atom stereocenters. The smallest absolute Gasteiger partial charge is 0.191 e. The average molecular weight is 485 g/mol. The molecule has 2 unspecified atom stereocenters. The molecular weight excluding hydrogens is 449 g/mol. The highest BCUT2D eigenvalue weighted by Gasteiger charge is 2.25. The Bertz CT molecular complexity index is 589. The van der Waals surface area contributed by atoms with Crippen molar-refractivity contribution in [2.45, 2.75) is 52.1 Å². The Kier molecular flexibility index (Phi) is 9.15. The molecule has 152 valence electrons. The van der Waals surface area contributed by atoms with E-state index < -0.39 is 0 Å². The van der Waals surface area contributed by atoms with E-state index in [0.717, 1.165) is 45.1 Å². The third-order valence-electron chi connectivity index (χ3n) is 5.64. The Morgan fingerprint density at radius 2 is 1.93 bits per heavy atom. The molecule has 2 saturated heterocycles. The van der Waals surface area contributed by atoms with Crippen molar-refractivity contribution in [3.63, 3.8) is 0 Å². The molecule has 0 aliphatic carbocycles. The maximum Gasteiger partial charge on any atom is 0.191 e. The van der Waals surface area contributed by atoms with Crippen LogP contribution in [0.4, 0.5) is 5.69 Å². The topological polar surface area (TPSA) is 42.9 Å². The first-order valence-electron chi connectivity index (χ1n) is 10.3. The van der Waals surface area contributed by atoms with Crippen LogP contribution in [0.25, 0.3) is 0 Å². The predicted octanol–water partition coefficient (Wildman–Crippen LogP) is 3.23. The third kappa shape index (κ3) is 6.24. The lowest BCUT2D eigenvalue weighted by atomic mass is 10.2. The van der Waals surface area contributed by atoms with E-state index in [1.807, 2.05) is 0 Å². The van der Waals surface area contributed by atoms with Gasteiger partial charge in [0, 0.05) is 37.4 Å². The van der Waals surface area contributed by atoms with E-state index in [1.165, 1.54) is 30.6 Å². The van der Waals surface area contributed by atoms with Crippen LogP contribution in [0.5, 0.6) is 0 Å². The predicted molar refractivity (Wildman–Crippen MR) is 127 cm³/mol. The molecule has 0 radical (unpaired) electrons. The van der Waals surface area contributed by atoms with Crippen molar-refractivity contribution < 1.29 is 0 Å². The van der Waals surface area contributed by atoms with E-state index in [4.69, 9.17) is 4.99 Å². The molecule has 2 fully saturated rings. The van der Waals surface area contributed by atoms with Gasteiger partial charge in [-0.2, -0.15) is 0 Å². The Labute approximate surface area is 182 Å². The summed E-state index contributed by atoms with van der Waals surface area (Å²) in [6.07, 6.45) is 3.75. The van der Waals surface area contributed by atoms with Crippen LogP contribution in [0.3, 0.4) is 0 Å². The molecule has 0 spiro atoms. The molecule has 2 heterocycles. The van der Waals surface area contributed by atoms with E-state index in [0.29, 0.717) is 12.1 Å². The summed E-state index contributed by atoms with van der Waals surface area (Å²) in [5.41, 5.74) is 2.64. The number of guanidine groups is 1. The van der Waals surface area contributed by atoms with Crippen molar-refractivity contribution >= 4 is 35.6 Å². The van der Waals surface area contributed by atoms with E-state index in [1.54, 1.807) is 0 Å². The number of hydrogen-bond donors (Lipinski definition) is 2. The molecule has 0 saturated carbocycles. The summed E-state index contributed by atoms with van der Waals surface area (Å²) in [7, 11) is 0. The number of rotatable bonds is 6. The van der Waals surface area contributed by atoms with Gasteiger partial charge in [-0.05, 0) is 58.3 Å². The van der Waals surface area contributed by atoms with Crippen LogP contribution in [0.15, 0.2) is 29.3 Å². The van der Waals surface area contributed by atoms with Gasteiger partial charge in [0.05, 0.1) is 6.54 Å². The van der Waals surface area contributed by atoms with E-state index in [-0.39, 0.29) is 24.0 Å². The van der Waals surface area contributed by atoms with Crippen LogP contribution < -0.4 is 15.5 Å². The number of likely N-dealkylation sites (N-methyl/N-ethyl adjacent to an activating group) is 1. The second kappa shape index (κ2) is 11.1. The number of aryl methyl sites for hydroxylation is 1. The van der Waals surface area contributed by atoms with Crippen LogP contribution in [0, 0.1) is 6.92 Å². The summed E-state index contributed by atoms with van der Waals surface area (Å²) in [5.74, 6) is 0.978. The minimum Gasteiger partial charge on any atom is -0.369 e. The Morgan fingerprint density at radius 3 is 2.63 bits per heavy atom. The fourth-order valence-corrected chi connectivity index (χ4v) is 4.10. The van der Waals surface area contributed by atoms with E-state index in [2.05, 4.69) is 65.5 Å². The van der Waals surface area contributed by atoms with Crippen molar-refractivity contribution in [1.82, 2.24) is 15.5 Å². The number of benzene rings is 1. The number of aliphatic imine (C=N–C) groups is 1. The third-order valence-corrected chi connectivity index (χ3v) is 5.64. The minimum atomic E-state index is 0. The fraction of sp³-hybridized carbons (Fsp3) is 0.667. The lowest BCUT2D eigenvalue weighted by molar-refractivity contribution is 0.273. The lowest BCUT2D eigenvalue weighted by Crippen LogP contribution is -2.45. The zero-order valence-corrected chi connectivity index (χ0v) is 19.4. The molecule has 2 aliphatic heterocycles. The highest BCUT2D eigenvalue weighted by molar-refractivity contribution is 14.0. The Morgan fingerprint density at radius 1 is 1.15 bits per heavy atom. The van der Waals surface area contributed by atoms with Gasteiger partial charge in [-0.1, -0.05) is 24.6 Å². The van der Waals surface area contributed by atoms with Gasteiger partial charge in [0.2, 0.25) is 0 Å². The summed E-state index contributed by atoms with van der Waals surface area (Å²) in [6, 6.07) is 9.93. The SMILES string of the molecule is CCNC(=NCC1CCCN1CC)NC1CCN(c2ccc(C)cc2)C1.I. The monoisotopic (exact) mass is 485 g/mol. The summed E-state index contributed by atoms with van der Waals surface area (Å²) in [5, 5.41) is 7.09. The van der Waals surface area contributed by atoms with Crippen molar-refractivity contribution in [3.05, 3.63) is 29.8 Å². The van der Waals surface area contributed by atoms with Gasteiger partial charge >= 0.3 is 0 Å². The Balaban J connectivity index is 0.00000261. The zero-order chi connectivity index (χ0) is 18.4. The molecule has 2 N–H and O–H groups in total. The van der Waals surface area contributed by atoms with Gasteiger partial charge in [0.15, 0.2) is 5.96 Å². The van der Waals surface area contributed by atoms with Gasteiger partial charge in [-0.15, -0.1) is 24.0 Å². The molecule has 0 aromatic heterocycles. The maximum absolute atomic E-state index is 4.90. The first-order valence-corrected chi connectivity index (χ1v) is 10.3. The second-order valence-corrected chi connectivity index (χ2v) is 7.56. The number of halogens is 1. The molecule has 1 aromatic carbocycles. The average Bonchev–Trinajstić information content (AvgIpc) is 3.29. The molecule has 27 heavy (non-hydrogen) atoms. The van der Waals surface area contributed by atoms with E-state index >= 15 is 0 Å². The number of nitrogens with zero attached hydrogens (tertiary/aromatic N) is 3. The lowest BCUT2D eigenvalue weighted by Gasteiger charge is -2.23. The van der Waals surface area contributed by atoms with Gasteiger partial charge in [0.25, 0.3) is 0 Å². The normalized spacial score (nSPS) is 23.4. The van der Waals surface area contributed by atoms with Gasteiger partial charge in [0.1, 0.15) is 0 Å². The fourth-order valence-electron chi connectivity index (χ4n) is 4.10. The molecule has 6 heteroatoms. The molecule has 1 aromatic rings. The van der Waals surface area contributed by atoms with Crippen molar-refractivity contribution in [3.8, 4) is 0 Å². The number of anilines is 1. The highest BCUT2D eigenvalue weighted by Crippen LogP contribution is 2.21. The zero-order valence-electron chi connectivity index (χ0n) is 17.1. The standard InChI is InChI=1S/C21H35N5.HI/c1-4-22-21(23-15-20-7-6-13-25(20)5-2)24-18-12-14-26(16-18)19-10-8-17(3)9-11-19;/h8-11,18,20H,4-7,12-16H2,1-3H3,(H2,22,23,24);1H. The number of hydrogen-bond acceptors (Lipinski definition) is 3. The summed E-state index contributed by atoms with van der Waals surface area (Å²) >= 11 is 0. The van der Waals surface area contributed by atoms with Crippen molar-refractivity contribution in [2.24, 2.45) is 4.99 Å². The molecule has 2 aliphatic rings. The summed E-state index contributed by atoms with van der Waals surface area (Å²) < 4.78 is 0.